The zero-order valence-electron chi connectivity index (χ0n) is 18.3. The van der Waals surface area contributed by atoms with Crippen molar-refractivity contribution in [1.82, 2.24) is 25.3 Å². The molecule has 2 aliphatic rings. The molecule has 8 heteroatoms. The van der Waals surface area contributed by atoms with E-state index in [0.717, 1.165) is 55.4 Å². The van der Waals surface area contributed by atoms with Crippen molar-refractivity contribution in [2.45, 2.75) is 25.9 Å². The van der Waals surface area contributed by atoms with E-state index in [1.807, 2.05) is 29.2 Å². The van der Waals surface area contributed by atoms with Crippen molar-refractivity contribution in [3.63, 3.8) is 0 Å². The largest absolute Gasteiger partial charge is 0.352 e. The van der Waals surface area contributed by atoms with Crippen molar-refractivity contribution in [3.05, 3.63) is 41.4 Å². The topological polar surface area (TPSA) is 67.5 Å². The smallest absolute Gasteiger partial charge is 0.241 e. The van der Waals surface area contributed by atoms with Gasteiger partial charge in [0, 0.05) is 68.5 Å². The fraction of sp³-hybridized carbons (Fsp3) is 0.478. The number of carbonyl (C=O) groups excluding carboxylic acids is 1. The third-order valence-electron chi connectivity index (χ3n) is 6.18. The van der Waals surface area contributed by atoms with Crippen LogP contribution in [0.4, 0.5) is 5.82 Å². The van der Waals surface area contributed by atoms with Gasteiger partial charge in [-0.05, 0) is 37.6 Å². The molecule has 0 radical (unpaired) electrons. The molecule has 1 aromatic heterocycles. The van der Waals surface area contributed by atoms with Gasteiger partial charge in [0.1, 0.15) is 0 Å². The molecule has 2 aromatic rings. The third-order valence-corrected chi connectivity index (χ3v) is 6.40. The lowest BCUT2D eigenvalue weighted by molar-refractivity contribution is -0.135. The van der Waals surface area contributed by atoms with E-state index in [2.05, 4.69) is 45.7 Å². The summed E-state index contributed by atoms with van der Waals surface area (Å²) in [5.74, 6) is 1.10. The lowest BCUT2D eigenvalue weighted by atomic mass is 10.1. The fourth-order valence-electron chi connectivity index (χ4n) is 4.29. The van der Waals surface area contributed by atoms with Gasteiger partial charge in [0.2, 0.25) is 5.91 Å². The first-order valence-electron chi connectivity index (χ1n) is 10.9. The van der Waals surface area contributed by atoms with E-state index in [1.54, 1.807) is 6.08 Å². The maximum absolute atomic E-state index is 13.0. The Balaban J connectivity index is 1.37. The molecule has 7 nitrogen and oxygen atoms in total. The Morgan fingerprint density at radius 3 is 2.68 bits per heavy atom. The van der Waals surface area contributed by atoms with Crippen LogP contribution in [-0.4, -0.2) is 83.8 Å². The second kappa shape index (κ2) is 9.42. The first-order valence-corrected chi connectivity index (χ1v) is 11.3. The Morgan fingerprint density at radius 1 is 1.19 bits per heavy atom. The summed E-state index contributed by atoms with van der Waals surface area (Å²) in [6.45, 7) is 13.8. The van der Waals surface area contributed by atoms with Gasteiger partial charge in [-0.3, -0.25) is 14.8 Å². The SMILES string of the molecule is C=Cc1cc(Cl)cc(-c2cc(N3CCN(C(=O)C4CN(C(C)C)CCN4)CC3)n[nH]2)c1. The zero-order valence-corrected chi connectivity index (χ0v) is 19.0. The van der Waals surface area contributed by atoms with Gasteiger partial charge in [0.15, 0.2) is 5.82 Å². The standard InChI is InChI=1S/C23H31ClN6O/c1-4-17-11-18(13-19(24)12-17)20-14-22(27-26-20)28-7-9-29(10-8-28)23(31)21-15-30(16(2)3)6-5-25-21/h4,11-14,16,21,25H,1,5-10,15H2,2-3H3,(H,26,27). The molecule has 1 unspecified atom stereocenters. The van der Waals surface area contributed by atoms with E-state index < -0.39 is 0 Å². The minimum Gasteiger partial charge on any atom is -0.352 e. The first kappa shape index (κ1) is 21.9. The lowest BCUT2D eigenvalue weighted by Gasteiger charge is -2.40. The molecule has 2 fully saturated rings. The highest BCUT2D eigenvalue weighted by Crippen LogP contribution is 2.27. The zero-order chi connectivity index (χ0) is 22.0. The molecule has 4 rings (SSSR count). The highest BCUT2D eigenvalue weighted by Gasteiger charge is 2.31. The van der Waals surface area contributed by atoms with Crippen LogP contribution in [0.15, 0.2) is 30.8 Å². The Labute approximate surface area is 189 Å². The van der Waals surface area contributed by atoms with Crippen LogP contribution in [0.2, 0.25) is 5.02 Å². The maximum atomic E-state index is 13.0. The summed E-state index contributed by atoms with van der Waals surface area (Å²) in [6.07, 6.45) is 1.78. The highest BCUT2D eigenvalue weighted by atomic mass is 35.5. The molecular formula is C23H31ClN6O. The molecule has 0 spiro atoms. The van der Waals surface area contributed by atoms with Gasteiger partial charge in [-0.15, -0.1) is 0 Å². The van der Waals surface area contributed by atoms with Crippen molar-refractivity contribution in [2.24, 2.45) is 0 Å². The number of H-pyrrole nitrogens is 1. The molecule has 2 aliphatic heterocycles. The number of hydrogen-bond acceptors (Lipinski definition) is 5. The molecule has 0 aliphatic carbocycles. The summed E-state index contributed by atoms with van der Waals surface area (Å²) >= 11 is 6.23. The predicted molar refractivity (Wildman–Crippen MR) is 126 cm³/mol. The average Bonchev–Trinajstić information content (AvgIpc) is 3.29. The minimum absolute atomic E-state index is 0.110. The van der Waals surface area contributed by atoms with Gasteiger partial charge in [-0.25, -0.2) is 0 Å². The quantitative estimate of drug-likeness (QED) is 0.745. The number of aromatic amines is 1. The number of amides is 1. The van der Waals surface area contributed by atoms with Crippen LogP contribution < -0.4 is 10.2 Å². The predicted octanol–water partition coefficient (Wildman–Crippen LogP) is 2.70. The Bertz CT molecular complexity index is 934. The van der Waals surface area contributed by atoms with Crippen LogP contribution in [0.5, 0.6) is 0 Å². The molecule has 3 heterocycles. The number of halogens is 1. The van der Waals surface area contributed by atoms with E-state index in [1.165, 1.54) is 0 Å². The number of nitrogens with zero attached hydrogens (tertiary/aromatic N) is 4. The molecule has 2 N–H and O–H groups in total. The Hall–Kier alpha value is -2.35. The summed E-state index contributed by atoms with van der Waals surface area (Å²) in [4.78, 5) is 19.6. The highest BCUT2D eigenvalue weighted by molar-refractivity contribution is 6.31. The summed E-state index contributed by atoms with van der Waals surface area (Å²) in [5.41, 5.74) is 2.87. The number of benzene rings is 1. The number of carbonyl (C=O) groups is 1. The van der Waals surface area contributed by atoms with Crippen LogP contribution in [0.25, 0.3) is 17.3 Å². The van der Waals surface area contributed by atoms with E-state index in [-0.39, 0.29) is 11.9 Å². The summed E-state index contributed by atoms with van der Waals surface area (Å²) < 4.78 is 0. The number of aromatic nitrogens is 2. The first-order chi connectivity index (χ1) is 14.9. The molecule has 2 saturated heterocycles. The van der Waals surface area contributed by atoms with Crippen LogP contribution in [0, 0.1) is 0 Å². The molecule has 1 amide bonds. The van der Waals surface area contributed by atoms with Gasteiger partial charge in [-0.1, -0.05) is 24.3 Å². The van der Waals surface area contributed by atoms with E-state index in [4.69, 9.17) is 11.6 Å². The number of anilines is 1. The van der Waals surface area contributed by atoms with Crippen LogP contribution >= 0.6 is 11.6 Å². The summed E-state index contributed by atoms with van der Waals surface area (Å²) in [6, 6.07) is 8.23. The molecule has 31 heavy (non-hydrogen) atoms. The van der Waals surface area contributed by atoms with Crippen molar-refractivity contribution < 1.29 is 4.79 Å². The molecule has 1 aromatic carbocycles. The molecule has 0 saturated carbocycles. The summed E-state index contributed by atoms with van der Waals surface area (Å²) in [7, 11) is 0. The maximum Gasteiger partial charge on any atom is 0.241 e. The van der Waals surface area contributed by atoms with Crippen molar-refractivity contribution in [2.75, 3.05) is 50.7 Å². The van der Waals surface area contributed by atoms with Gasteiger partial charge in [-0.2, -0.15) is 5.10 Å². The average molecular weight is 443 g/mol. The minimum atomic E-state index is -0.110. The van der Waals surface area contributed by atoms with E-state index >= 15 is 0 Å². The Kier molecular flexibility index (Phi) is 6.65. The number of piperazine rings is 2. The van der Waals surface area contributed by atoms with Crippen molar-refractivity contribution in [3.8, 4) is 11.3 Å². The van der Waals surface area contributed by atoms with Crippen molar-refractivity contribution in [1.29, 1.82) is 0 Å². The number of nitrogens with one attached hydrogen (secondary N) is 2. The van der Waals surface area contributed by atoms with Crippen LogP contribution in [-0.2, 0) is 4.79 Å². The molecular weight excluding hydrogens is 412 g/mol. The molecule has 0 bridgehead atoms. The normalized spacial score (nSPS) is 20.3. The van der Waals surface area contributed by atoms with Gasteiger partial charge in [0.05, 0.1) is 11.7 Å². The second-order valence-corrected chi connectivity index (χ2v) is 8.96. The van der Waals surface area contributed by atoms with Crippen LogP contribution in [0.3, 0.4) is 0 Å². The monoisotopic (exact) mass is 442 g/mol. The van der Waals surface area contributed by atoms with E-state index in [0.29, 0.717) is 24.2 Å². The third kappa shape index (κ3) is 4.95. The lowest BCUT2D eigenvalue weighted by Crippen LogP contribution is -2.61. The van der Waals surface area contributed by atoms with Gasteiger partial charge >= 0.3 is 0 Å². The van der Waals surface area contributed by atoms with Gasteiger partial charge in [0.25, 0.3) is 0 Å². The number of hydrogen-bond donors (Lipinski definition) is 2. The summed E-state index contributed by atoms with van der Waals surface area (Å²) in [5, 5.41) is 11.7. The molecule has 166 valence electrons. The van der Waals surface area contributed by atoms with Crippen molar-refractivity contribution >= 4 is 29.4 Å². The van der Waals surface area contributed by atoms with Crippen LogP contribution in [0.1, 0.15) is 19.4 Å². The van der Waals surface area contributed by atoms with E-state index in [9.17, 15) is 4.79 Å². The molecule has 1 atom stereocenters. The second-order valence-electron chi connectivity index (χ2n) is 8.52. The fourth-order valence-corrected chi connectivity index (χ4v) is 4.53. The Morgan fingerprint density at radius 2 is 1.97 bits per heavy atom. The van der Waals surface area contributed by atoms with Gasteiger partial charge < -0.3 is 15.1 Å². The number of rotatable bonds is 5.